The molecule has 0 aliphatic carbocycles. The van der Waals surface area contributed by atoms with Gasteiger partial charge in [0.1, 0.15) is 0 Å². The first kappa shape index (κ1) is 12.7. The molecule has 1 aliphatic rings. The molecule has 3 unspecified atom stereocenters. The number of nitrogens with one attached hydrogen (secondary N) is 1. The summed E-state index contributed by atoms with van der Waals surface area (Å²) in [5.41, 5.74) is 0. The average Bonchev–Trinajstić information content (AvgIpc) is 2.20. The first-order valence-electron chi connectivity index (χ1n) is 6.20. The fourth-order valence-electron chi connectivity index (χ4n) is 2.34. The zero-order valence-electron chi connectivity index (χ0n) is 10.7. The van der Waals surface area contributed by atoms with Crippen LogP contribution < -0.4 is 5.32 Å². The van der Waals surface area contributed by atoms with Gasteiger partial charge in [0.15, 0.2) is 0 Å². The molecule has 1 heterocycles. The fourth-order valence-corrected chi connectivity index (χ4v) is 2.34. The first-order valence-corrected chi connectivity index (χ1v) is 6.20. The Morgan fingerprint density at radius 2 is 2.13 bits per heavy atom. The second kappa shape index (κ2) is 6.29. The zero-order valence-corrected chi connectivity index (χ0v) is 10.7. The van der Waals surface area contributed by atoms with Crippen LogP contribution in [0.4, 0.5) is 0 Å². The number of hydrogen-bond donors (Lipinski definition) is 1. The van der Waals surface area contributed by atoms with Gasteiger partial charge in [-0.25, -0.2) is 0 Å². The average molecular weight is 210 g/mol. The number of piperidine rings is 1. The summed E-state index contributed by atoms with van der Waals surface area (Å²) in [6, 6.07) is 1.43. The van der Waals surface area contributed by atoms with Crippen LogP contribution in [-0.2, 0) is 0 Å². The van der Waals surface area contributed by atoms with Crippen LogP contribution in [0.15, 0.2) is 12.2 Å². The Labute approximate surface area is 94.7 Å². The minimum absolute atomic E-state index is 0.710. The third-order valence-corrected chi connectivity index (χ3v) is 3.56. The van der Waals surface area contributed by atoms with E-state index in [9.17, 15) is 0 Å². The molecule has 0 amide bonds. The molecule has 0 spiro atoms. The van der Waals surface area contributed by atoms with Crippen molar-refractivity contribution in [3.05, 3.63) is 12.2 Å². The quantitative estimate of drug-likeness (QED) is 0.565. The van der Waals surface area contributed by atoms with E-state index in [1.807, 2.05) is 0 Å². The highest BCUT2D eigenvalue weighted by atomic mass is 15.2. The van der Waals surface area contributed by atoms with Gasteiger partial charge in [-0.2, -0.15) is 0 Å². The molecule has 1 saturated heterocycles. The molecule has 88 valence electrons. The van der Waals surface area contributed by atoms with Crippen molar-refractivity contribution in [2.75, 3.05) is 20.1 Å². The van der Waals surface area contributed by atoms with E-state index < -0.39 is 0 Å². The Hall–Kier alpha value is -0.340. The predicted molar refractivity (Wildman–Crippen MR) is 67.1 cm³/mol. The maximum Gasteiger partial charge on any atom is 0.0120 e. The summed E-state index contributed by atoms with van der Waals surface area (Å²) in [5, 5.41) is 3.68. The van der Waals surface area contributed by atoms with Gasteiger partial charge in [0.05, 0.1) is 0 Å². The lowest BCUT2D eigenvalue weighted by Gasteiger charge is -2.40. The largest absolute Gasteiger partial charge is 0.313 e. The highest BCUT2D eigenvalue weighted by Crippen LogP contribution is 2.20. The van der Waals surface area contributed by atoms with Crippen molar-refractivity contribution < 1.29 is 0 Å². The monoisotopic (exact) mass is 210 g/mol. The van der Waals surface area contributed by atoms with Crippen LogP contribution >= 0.6 is 0 Å². The highest BCUT2D eigenvalue weighted by molar-refractivity contribution is 4.87. The molecule has 0 aromatic heterocycles. The van der Waals surface area contributed by atoms with Gasteiger partial charge in [0, 0.05) is 18.6 Å². The Morgan fingerprint density at radius 1 is 1.40 bits per heavy atom. The number of nitrogens with zero attached hydrogens (tertiary/aromatic N) is 1. The van der Waals surface area contributed by atoms with Crippen molar-refractivity contribution >= 4 is 0 Å². The van der Waals surface area contributed by atoms with E-state index in [1.54, 1.807) is 0 Å². The Morgan fingerprint density at radius 3 is 2.80 bits per heavy atom. The molecule has 2 nitrogen and oxygen atoms in total. The molecule has 3 atom stereocenters. The summed E-state index contributed by atoms with van der Waals surface area (Å²) >= 11 is 0. The van der Waals surface area contributed by atoms with Crippen LogP contribution in [0, 0.1) is 5.92 Å². The first-order chi connectivity index (χ1) is 7.15. The van der Waals surface area contributed by atoms with Gasteiger partial charge in [0.25, 0.3) is 0 Å². The Balaban J connectivity index is 2.28. The number of rotatable bonds is 4. The molecule has 0 bridgehead atoms. The van der Waals surface area contributed by atoms with Gasteiger partial charge in [-0.3, -0.25) is 0 Å². The molecule has 0 aromatic rings. The van der Waals surface area contributed by atoms with E-state index in [-0.39, 0.29) is 0 Å². The molecule has 1 fully saturated rings. The summed E-state index contributed by atoms with van der Waals surface area (Å²) in [5.74, 6) is 0.775. The molecular formula is C13H26N2. The van der Waals surface area contributed by atoms with Crippen LogP contribution in [0.5, 0.6) is 0 Å². The summed E-state index contributed by atoms with van der Waals surface area (Å²) in [7, 11) is 2.23. The van der Waals surface area contributed by atoms with E-state index in [0.29, 0.717) is 6.04 Å². The minimum atomic E-state index is 0.710. The fraction of sp³-hybridized carbons (Fsp3) is 0.846. The maximum absolute atomic E-state index is 3.68. The predicted octanol–water partition coefficient (Wildman–Crippen LogP) is 2.27. The molecule has 1 rings (SSSR count). The Kier molecular flexibility index (Phi) is 5.34. The van der Waals surface area contributed by atoms with Gasteiger partial charge in [-0.05, 0) is 46.2 Å². The summed E-state index contributed by atoms with van der Waals surface area (Å²) < 4.78 is 0. The summed E-state index contributed by atoms with van der Waals surface area (Å²) in [6.45, 7) is 9.11. The molecule has 0 radical (unpaired) electrons. The van der Waals surface area contributed by atoms with E-state index in [0.717, 1.165) is 24.9 Å². The number of allylic oxidation sites excluding steroid dienone is 1. The molecular weight excluding hydrogens is 184 g/mol. The lowest BCUT2D eigenvalue weighted by Crippen LogP contribution is -2.50. The van der Waals surface area contributed by atoms with E-state index in [4.69, 9.17) is 0 Å². The lowest BCUT2D eigenvalue weighted by molar-refractivity contribution is 0.122. The van der Waals surface area contributed by atoms with Crippen molar-refractivity contribution in [1.29, 1.82) is 0 Å². The maximum atomic E-state index is 3.68. The standard InChI is InChI=1S/C13H26N2/c1-5-6-7-8-14-13-9-12(3)15(4)10-11(13)2/h5-6,11-14H,7-10H2,1-4H3/b6-5+. The molecule has 1 aliphatic heterocycles. The van der Waals surface area contributed by atoms with Crippen molar-refractivity contribution in [1.82, 2.24) is 10.2 Å². The van der Waals surface area contributed by atoms with Crippen LogP contribution in [0.3, 0.4) is 0 Å². The lowest BCUT2D eigenvalue weighted by atomic mass is 9.90. The van der Waals surface area contributed by atoms with Crippen LogP contribution in [0.2, 0.25) is 0 Å². The van der Waals surface area contributed by atoms with Crippen LogP contribution in [-0.4, -0.2) is 37.1 Å². The van der Waals surface area contributed by atoms with E-state index in [2.05, 4.69) is 50.2 Å². The third-order valence-electron chi connectivity index (χ3n) is 3.56. The minimum Gasteiger partial charge on any atom is -0.313 e. The number of likely N-dealkylation sites (tertiary alicyclic amines) is 1. The summed E-state index contributed by atoms with van der Waals surface area (Å²) in [4.78, 5) is 2.47. The third kappa shape index (κ3) is 3.96. The topological polar surface area (TPSA) is 15.3 Å². The molecule has 1 N–H and O–H groups in total. The molecule has 15 heavy (non-hydrogen) atoms. The van der Waals surface area contributed by atoms with Gasteiger partial charge >= 0.3 is 0 Å². The molecule has 0 saturated carbocycles. The Bertz CT molecular complexity index is 201. The van der Waals surface area contributed by atoms with Crippen molar-refractivity contribution in [2.45, 2.75) is 45.7 Å². The second-order valence-electron chi connectivity index (χ2n) is 4.92. The van der Waals surface area contributed by atoms with Gasteiger partial charge in [-0.1, -0.05) is 19.1 Å². The van der Waals surface area contributed by atoms with Gasteiger partial charge in [0.2, 0.25) is 0 Å². The smallest absolute Gasteiger partial charge is 0.0120 e. The van der Waals surface area contributed by atoms with Gasteiger partial charge in [-0.15, -0.1) is 0 Å². The second-order valence-corrected chi connectivity index (χ2v) is 4.92. The van der Waals surface area contributed by atoms with Crippen molar-refractivity contribution in [3.8, 4) is 0 Å². The molecule has 2 heteroatoms. The number of hydrogen-bond acceptors (Lipinski definition) is 2. The molecule has 0 aromatic carbocycles. The zero-order chi connectivity index (χ0) is 11.3. The van der Waals surface area contributed by atoms with E-state index in [1.165, 1.54) is 13.0 Å². The van der Waals surface area contributed by atoms with Crippen molar-refractivity contribution in [3.63, 3.8) is 0 Å². The van der Waals surface area contributed by atoms with Crippen LogP contribution in [0.1, 0.15) is 33.6 Å². The van der Waals surface area contributed by atoms with Crippen molar-refractivity contribution in [2.24, 2.45) is 5.92 Å². The van der Waals surface area contributed by atoms with Crippen LogP contribution in [0.25, 0.3) is 0 Å². The highest BCUT2D eigenvalue weighted by Gasteiger charge is 2.27. The normalized spacial score (nSPS) is 33.7. The van der Waals surface area contributed by atoms with E-state index >= 15 is 0 Å². The summed E-state index contributed by atoms with van der Waals surface area (Å²) in [6.07, 6.45) is 6.80. The van der Waals surface area contributed by atoms with Gasteiger partial charge < -0.3 is 10.2 Å². The SMILES string of the molecule is C/C=C/CCNC1CC(C)N(C)CC1C.